The van der Waals surface area contributed by atoms with Gasteiger partial charge in [0, 0.05) is 6.54 Å². The summed E-state index contributed by atoms with van der Waals surface area (Å²) in [6.07, 6.45) is 0. The maximum Gasteiger partial charge on any atom is 0.344 e. The Kier molecular flexibility index (Phi) is 3.82. The van der Waals surface area contributed by atoms with Crippen molar-refractivity contribution in [1.82, 2.24) is 0 Å². The third kappa shape index (κ3) is 2.34. The van der Waals surface area contributed by atoms with Gasteiger partial charge in [-0.3, -0.25) is 0 Å². The fourth-order valence-corrected chi connectivity index (χ4v) is 1.28. The van der Waals surface area contributed by atoms with Crippen molar-refractivity contribution in [2.24, 2.45) is 5.73 Å². The van der Waals surface area contributed by atoms with Crippen LogP contribution in [0.15, 0.2) is 30.3 Å². The van der Waals surface area contributed by atoms with Gasteiger partial charge in [0.15, 0.2) is 5.60 Å². The van der Waals surface area contributed by atoms with E-state index >= 15 is 0 Å². The van der Waals surface area contributed by atoms with E-state index < -0.39 is 11.6 Å². The van der Waals surface area contributed by atoms with Crippen LogP contribution in [0.5, 0.6) is 0 Å². The topological polar surface area (TPSA) is 72.5 Å². The number of benzene rings is 1. The van der Waals surface area contributed by atoms with E-state index in [0.717, 1.165) is 0 Å². The highest BCUT2D eigenvalue weighted by Gasteiger charge is 2.37. The Morgan fingerprint density at radius 3 is 2.53 bits per heavy atom. The average Bonchev–Trinajstić information content (AvgIpc) is 2.29. The molecule has 0 aromatic heterocycles. The Balaban J connectivity index is 3.00. The lowest BCUT2D eigenvalue weighted by atomic mass is 9.94. The first-order valence-corrected chi connectivity index (χ1v) is 4.80. The highest BCUT2D eigenvalue weighted by Crippen LogP contribution is 2.21. The van der Waals surface area contributed by atoms with E-state index in [9.17, 15) is 9.90 Å². The molecule has 0 saturated carbocycles. The van der Waals surface area contributed by atoms with Crippen LogP contribution in [0.3, 0.4) is 0 Å². The zero-order valence-corrected chi connectivity index (χ0v) is 8.64. The minimum Gasteiger partial charge on any atom is -0.464 e. The van der Waals surface area contributed by atoms with Crippen LogP contribution in [0.4, 0.5) is 0 Å². The van der Waals surface area contributed by atoms with Crippen molar-refractivity contribution in [3.63, 3.8) is 0 Å². The monoisotopic (exact) mass is 209 g/mol. The molecule has 0 bridgehead atoms. The highest BCUT2D eigenvalue weighted by atomic mass is 16.5. The van der Waals surface area contributed by atoms with Crippen molar-refractivity contribution < 1.29 is 14.6 Å². The number of carbonyl (C=O) groups excluding carboxylic acids is 1. The van der Waals surface area contributed by atoms with Crippen molar-refractivity contribution in [3.05, 3.63) is 35.9 Å². The second-order valence-electron chi connectivity index (χ2n) is 3.15. The molecule has 4 heteroatoms. The van der Waals surface area contributed by atoms with Gasteiger partial charge >= 0.3 is 5.97 Å². The number of rotatable bonds is 4. The van der Waals surface area contributed by atoms with Crippen LogP contribution in [0.1, 0.15) is 12.5 Å². The largest absolute Gasteiger partial charge is 0.464 e. The minimum absolute atomic E-state index is 0.199. The maximum absolute atomic E-state index is 11.5. The summed E-state index contributed by atoms with van der Waals surface area (Å²) in [5.41, 5.74) is 4.13. The molecule has 1 unspecified atom stereocenters. The van der Waals surface area contributed by atoms with Crippen LogP contribution in [-0.2, 0) is 15.1 Å². The lowest BCUT2D eigenvalue weighted by Crippen LogP contribution is -2.44. The molecule has 82 valence electrons. The van der Waals surface area contributed by atoms with Gasteiger partial charge in [-0.05, 0) is 12.5 Å². The molecule has 0 spiro atoms. The third-order valence-electron chi connectivity index (χ3n) is 2.16. The van der Waals surface area contributed by atoms with Gasteiger partial charge in [-0.25, -0.2) is 4.79 Å². The average molecular weight is 209 g/mol. The number of hydrogen-bond donors (Lipinski definition) is 2. The van der Waals surface area contributed by atoms with Crippen molar-refractivity contribution in [2.75, 3.05) is 13.2 Å². The molecule has 0 radical (unpaired) electrons. The molecule has 0 fully saturated rings. The van der Waals surface area contributed by atoms with E-state index in [4.69, 9.17) is 10.5 Å². The summed E-state index contributed by atoms with van der Waals surface area (Å²) in [5.74, 6) is -0.710. The van der Waals surface area contributed by atoms with E-state index in [2.05, 4.69) is 0 Å². The zero-order chi connectivity index (χ0) is 11.3. The van der Waals surface area contributed by atoms with Gasteiger partial charge in [0.2, 0.25) is 0 Å². The summed E-state index contributed by atoms with van der Waals surface area (Å²) in [6.45, 7) is 1.70. The molecule has 0 aliphatic heterocycles. The molecule has 0 amide bonds. The van der Waals surface area contributed by atoms with Crippen molar-refractivity contribution >= 4 is 5.97 Å². The SMILES string of the molecule is CCOC(=O)C(O)(CN)c1ccccc1. The molecule has 0 saturated heterocycles. The summed E-state index contributed by atoms with van der Waals surface area (Å²) in [6, 6.07) is 8.55. The quantitative estimate of drug-likeness (QED) is 0.704. The molecule has 1 rings (SSSR count). The van der Waals surface area contributed by atoms with Crippen molar-refractivity contribution in [1.29, 1.82) is 0 Å². The molecule has 0 aliphatic rings. The first kappa shape index (κ1) is 11.7. The van der Waals surface area contributed by atoms with Crippen LogP contribution in [0, 0.1) is 0 Å². The fourth-order valence-electron chi connectivity index (χ4n) is 1.28. The van der Waals surface area contributed by atoms with Crippen molar-refractivity contribution in [2.45, 2.75) is 12.5 Å². The number of esters is 1. The summed E-state index contributed by atoms with van der Waals surface area (Å²) in [4.78, 5) is 11.5. The van der Waals surface area contributed by atoms with Gasteiger partial charge in [-0.1, -0.05) is 30.3 Å². The molecule has 1 atom stereocenters. The second-order valence-corrected chi connectivity index (χ2v) is 3.15. The normalized spacial score (nSPS) is 14.3. The van der Waals surface area contributed by atoms with Gasteiger partial charge in [0.1, 0.15) is 0 Å². The maximum atomic E-state index is 11.5. The predicted octanol–water partition coefficient (Wildman–Crippen LogP) is 0.396. The van der Waals surface area contributed by atoms with E-state index in [-0.39, 0.29) is 13.2 Å². The fraction of sp³-hybridized carbons (Fsp3) is 0.364. The number of hydrogen-bond acceptors (Lipinski definition) is 4. The van der Waals surface area contributed by atoms with Gasteiger partial charge in [-0.15, -0.1) is 0 Å². The number of nitrogens with two attached hydrogens (primary N) is 1. The van der Waals surface area contributed by atoms with E-state index in [0.29, 0.717) is 5.56 Å². The lowest BCUT2D eigenvalue weighted by Gasteiger charge is -2.24. The minimum atomic E-state index is -1.74. The van der Waals surface area contributed by atoms with Gasteiger partial charge in [0.25, 0.3) is 0 Å². The first-order chi connectivity index (χ1) is 7.15. The molecular formula is C11H15NO3. The number of carbonyl (C=O) groups is 1. The molecule has 3 N–H and O–H groups in total. The Morgan fingerprint density at radius 2 is 2.07 bits per heavy atom. The predicted molar refractivity (Wildman–Crippen MR) is 56.0 cm³/mol. The number of ether oxygens (including phenoxy) is 1. The summed E-state index contributed by atoms with van der Waals surface area (Å²) < 4.78 is 4.78. The Labute approximate surface area is 88.7 Å². The number of aliphatic hydroxyl groups is 1. The molecule has 1 aromatic carbocycles. The standard InChI is InChI=1S/C11H15NO3/c1-2-15-10(13)11(14,8-12)9-6-4-3-5-7-9/h3-7,14H,2,8,12H2,1H3. The van der Waals surface area contributed by atoms with E-state index in [1.54, 1.807) is 37.3 Å². The highest BCUT2D eigenvalue weighted by molar-refractivity contribution is 5.81. The summed E-state index contributed by atoms with van der Waals surface area (Å²) in [7, 11) is 0. The second kappa shape index (κ2) is 4.91. The first-order valence-electron chi connectivity index (χ1n) is 4.80. The Morgan fingerprint density at radius 1 is 1.47 bits per heavy atom. The van der Waals surface area contributed by atoms with Crippen LogP contribution in [-0.4, -0.2) is 24.2 Å². The Hall–Kier alpha value is -1.39. The molecule has 15 heavy (non-hydrogen) atoms. The zero-order valence-electron chi connectivity index (χ0n) is 8.64. The molecular weight excluding hydrogens is 194 g/mol. The van der Waals surface area contributed by atoms with E-state index in [1.165, 1.54) is 0 Å². The van der Waals surface area contributed by atoms with Gasteiger partial charge < -0.3 is 15.6 Å². The van der Waals surface area contributed by atoms with Crippen LogP contribution >= 0.6 is 0 Å². The molecule has 0 aliphatic carbocycles. The van der Waals surface area contributed by atoms with Crippen LogP contribution in [0.2, 0.25) is 0 Å². The summed E-state index contributed by atoms with van der Waals surface area (Å²) >= 11 is 0. The van der Waals surface area contributed by atoms with Gasteiger partial charge in [-0.2, -0.15) is 0 Å². The van der Waals surface area contributed by atoms with E-state index in [1.807, 2.05) is 0 Å². The molecule has 1 aromatic rings. The Bertz CT molecular complexity index is 326. The van der Waals surface area contributed by atoms with Crippen LogP contribution < -0.4 is 5.73 Å². The molecule has 4 nitrogen and oxygen atoms in total. The summed E-state index contributed by atoms with van der Waals surface area (Å²) in [5, 5.41) is 10.1. The lowest BCUT2D eigenvalue weighted by molar-refractivity contribution is -0.165. The third-order valence-corrected chi connectivity index (χ3v) is 2.16. The van der Waals surface area contributed by atoms with Crippen molar-refractivity contribution in [3.8, 4) is 0 Å². The van der Waals surface area contributed by atoms with Crippen LogP contribution in [0.25, 0.3) is 0 Å². The van der Waals surface area contributed by atoms with Gasteiger partial charge in [0.05, 0.1) is 6.61 Å². The molecule has 0 heterocycles. The smallest absolute Gasteiger partial charge is 0.344 e.